The molecule has 2 aromatic heterocycles. The van der Waals surface area contributed by atoms with Crippen LogP contribution in [0.5, 0.6) is 11.5 Å². The number of nitrogens with one attached hydrogen (secondary N) is 1. The molecule has 34 heavy (non-hydrogen) atoms. The molecule has 0 unspecified atom stereocenters. The minimum atomic E-state index is -0.154. The number of morpholine rings is 1. The van der Waals surface area contributed by atoms with E-state index in [0.717, 1.165) is 63.2 Å². The van der Waals surface area contributed by atoms with Crippen molar-refractivity contribution < 1.29 is 19.0 Å². The van der Waals surface area contributed by atoms with Gasteiger partial charge in [-0.2, -0.15) is 5.10 Å². The predicted molar refractivity (Wildman–Crippen MR) is 127 cm³/mol. The zero-order valence-electron chi connectivity index (χ0n) is 19.7. The maximum Gasteiger partial charge on any atom is 0.272 e. The fourth-order valence-electron chi connectivity index (χ4n) is 5.01. The van der Waals surface area contributed by atoms with Crippen LogP contribution in [0, 0.1) is 0 Å². The summed E-state index contributed by atoms with van der Waals surface area (Å²) in [5.74, 6) is 1.13. The van der Waals surface area contributed by atoms with Crippen LogP contribution < -0.4 is 14.8 Å². The molecule has 180 valence electrons. The molecule has 1 aliphatic heterocycles. The third-order valence-electron chi connectivity index (χ3n) is 6.86. The summed E-state index contributed by atoms with van der Waals surface area (Å²) in [6.45, 7) is 3.67. The van der Waals surface area contributed by atoms with E-state index in [0.29, 0.717) is 28.9 Å². The zero-order valence-corrected chi connectivity index (χ0v) is 19.7. The highest BCUT2D eigenvalue weighted by Gasteiger charge is 2.28. The largest absolute Gasteiger partial charge is 0.493 e. The number of nitrogens with zero attached hydrogens (tertiary/aromatic N) is 4. The standard InChI is InChI=1S/C25H31N5O4/c1-32-22-8-3-17(15-23(22)33-2)21-9-10-26-24-16-20(28-30(21)24)25(31)27-18-4-6-19(7-5-18)29-11-13-34-14-12-29/h3,8-10,15-16,18-19H,4-7,11-14H2,1-2H3,(H,27,31)/t18-,19-. The van der Waals surface area contributed by atoms with E-state index in [4.69, 9.17) is 14.2 Å². The first kappa shape index (κ1) is 22.6. The first-order valence-corrected chi connectivity index (χ1v) is 11.9. The van der Waals surface area contributed by atoms with E-state index in [9.17, 15) is 4.79 Å². The van der Waals surface area contributed by atoms with Crippen molar-refractivity contribution in [2.75, 3.05) is 40.5 Å². The molecule has 1 N–H and O–H groups in total. The Morgan fingerprint density at radius 2 is 1.79 bits per heavy atom. The second kappa shape index (κ2) is 9.99. The molecule has 1 aromatic carbocycles. The molecule has 2 aliphatic rings. The number of methoxy groups -OCH3 is 2. The van der Waals surface area contributed by atoms with Crippen molar-refractivity contribution in [1.82, 2.24) is 24.8 Å². The van der Waals surface area contributed by atoms with E-state index >= 15 is 0 Å². The highest BCUT2D eigenvalue weighted by Crippen LogP contribution is 2.32. The molecule has 0 atom stereocenters. The number of ether oxygens (including phenoxy) is 3. The van der Waals surface area contributed by atoms with Gasteiger partial charge >= 0.3 is 0 Å². The summed E-state index contributed by atoms with van der Waals surface area (Å²) in [6.07, 6.45) is 5.88. The van der Waals surface area contributed by atoms with Crippen LogP contribution >= 0.6 is 0 Å². The minimum Gasteiger partial charge on any atom is -0.493 e. The fraction of sp³-hybridized carbons (Fsp3) is 0.480. The third-order valence-corrected chi connectivity index (χ3v) is 6.86. The molecule has 0 radical (unpaired) electrons. The van der Waals surface area contributed by atoms with E-state index in [-0.39, 0.29) is 11.9 Å². The summed E-state index contributed by atoms with van der Waals surface area (Å²) in [5, 5.41) is 7.78. The molecule has 3 heterocycles. The monoisotopic (exact) mass is 465 g/mol. The lowest BCUT2D eigenvalue weighted by Crippen LogP contribution is -2.47. The normalized spacial score (nSPS) is 21.4. The summed E-state index contributed by atoms with van der Waals surface area (Å²) in [4.78, 5) is 20.0. The number of carbonyl (C=O) groups is 1. The molecular formula is C25H31N5O4. The van der Waals surface area contributed by atoms with E-state index in [2.05, 4.69) is 20.3 Å². The number of hydrogen-bond acceptors (Lipinski definition) is 7. The van der Waals surface area contributed by atoms with Gasteiger partial charge in [-0.1, -0.05) is 0 Å². The number of amides is 1. The average Bonchev–Trinajstić information content (AvgIpc) is 3.34. The van der Waals surface area contributed by atoms with Crippen LogP contribution in [0.3, 0.4) is 0 Å². The average molecular weight is 466 g/mol. The Hall–Kier alpha value is -3.17. The van der Waals surface area contributed by atoms with Gasteiger partial charge in [-0.25, -0.2) is 9.50 Å². The maximum atomic E-state index is 13.0. The quantitative estimate of drug-likeness (QED) is 0.599. The maximum absolute atomic E-state index is 13.0. The van der Waals surface area contributed by atoms with Gasteiger partial charge in [0.1, 0.15) is 0 Å². The molecule has 9 nitrogen and oxygen atoms in total. The second-order valence-corrected chi connectivity index (χ2v) is 8.83. The Labute approximate surface area is 199 Å². The summed E-state index contributed by atoms with van der Waals surface area (Å²) in [7, 11) is 3.21. The zero-order chi connectivity index (χ0) is 23.5. The Morgan fingerprint density at radius 3 is 2.53 bits per heavy atom. The number of carbonyl (C=O) groups excluding carboxylic acids is 1. The van der Waals surface area contributed by atoms with Crippen molar-refractivity contribution in [2.45, 2.75) is 37.8 Å². The molecular weight excluding hydrogens is 434 g/mol. The Balaban J connectivity index is 1.29. The van der Waals surface area contributed by atoms with Gasteiger partial charge < -0.3 is 19.5 Å². The number of aromatic nitrogens is 3. The van der Waals surface area contributed by atoms with Crippen LogP contribution in [0.2, 0.25) is 0 Å². The predicted octanol–water partition coefficient (Wildman–Crippen LogP) is 2.79. The van der Waals surface area contributed by atoms with Crippen molar-refractivity contribution in [3.8, 4) is 22.8 Å². The Bertz CT molecular complexity index is 1150. The van der Waals surface area contributed by atoms with Crippen molar-refractivity contribution in [1.29, 1.82) is 0 Å². The molecule has 1 aliphatic carbocycles. The van der Waals surface area contributed by atoms with Gasteiger partial charge in [0.2, 0.25) is 0 Å². The smallest absolute Gasteiger partial charge is 0.272 e. The fourth-order valence-corrected chi connectivity index (χ4v) is 5.01. The SMILES string of the molecule is COc1ccc(-c2ccnc3cc(C(=O)N[C@H]4CC[C@H](N5CCOCC5)CC4)nn23)cc1OC. The summed E-state index contributed by atoms with van der Waals surface area (Å²) in [6, 6.07) is 10.1. The summed E-state index contributed by atoms with van der Waals surface area (Å²) < 4.78 is 18.0. The van der Waals surface area contributed by atoms with Crippen LogP contribution in [-0.2, 0) is 4.74 Å². The van der Waals surface area contributed by atoms with Crippen molar-refractivity contribution in [2.24, 2.45) is 0 Å². The van der Waals surface area contributed by atoms with E-state index in [1.165, 1.54) is 0 Å². The van der Waals surface area contributed by atoms with E-state index in [1.807, 2.05) is 24.3 Å². The first-order valence-electron chi connectivity index (χ1n) is 11.9. The lowest BCUT2D eigenvalue weighted by Gasteiger charge is -2.38. The van der Waals surface area contributed by atoms with Crippen LogP contribution in [-0.4, -0.2) is 78.0 Å². The van der Waals surface area contributed by atoms with Gasteiger partial charge in [-0.05, 0) is 49.9 Å². The topological polar surface area (TPSA) is 90.2 Å². The molecule has 5 rings (SSSR count). The first-order chi connectivity index (χ1) is 16.7. The second-order valence-electron chi connectivity index (χ2n) is 8.83. The van der Waals surface area contributed by atoms with Gasteiger partial charge in [0.05, 0.1) is 33.1 Å². The van der Waals surface area contributed by atoms with Gasteiger partial charge in [-0.15, -0.1) is 0 Å². The Kier molecular flexibility index (Phi) is 6.64. The molecule has 1 saturated carbocycles. The molecule has 9 heteroatoms. The van der Waals surface area contributed by atoms with Crippen LogP contribution in [0.1, 0.15) is 36.2 Å². The highest BCUT2D eigenvalue weighted by molar-refractivity contribution is 5.93. The number of benzene rings is 1. The van der Waals surface area contributed by atoms with Crippen LogP contribution in [0.4, 0.5) is 0 Å². The van der Waals surface area contributed by atoms with Gasteiger partial charge in [0, 0.05) is 43.0 Å². The van der Waals surface area contributed by atoms with Crippen molar-refractivity contribution in [3.05, 3.63) is 42.2 Å². The van der Waals surface area contributed by atoms with Gasteiger partial charge in [0.15, 0.2) is 22.8 Å². The summed E-state index contributed by atoms with van der Waals surface area (Å²) >= 11 is 0. The lowest BCUT2D eigenvalue weighted by atomic mass is 9.90. The molecule has 1 saturated heterocycles. The van der Waals surface area contributed by atoms with Crippen LogP contribution in [0.25, 0.3) is 16.9 Å². The number of fused-ring (bicyclic) bond motifs is 1. The summed E-state index contributed by atoms with van der Waals surface area (Å²) in [5.41, 5.74) is 2.70. The molecule has 2 fully saturated rings. The van der Waals surface area contributed by atoms with Gasteiger partial charge in [0.25, 0.3) is 5.91 Å². The highest BCUT2D eigenvalue weighted by atomic mass is 16.5. The molecule has 1 amide bonds. The number of rotatable bonds is 6. The third kappa shape index (κ3) is 4.58. The minimum absolute atomic E-state index is 0.154. The van der Waals surface area contributed by atoms with E-state index in [1.54, 1.807) is 31.0 Å². The van der Waals surface area contributed by atoms with Crippen molar-refractivity contribution >= 4 is 11.6 Å². The van der Waals surface area contributed by atoms with Gasteiger partial charge in [-0.3, -0.25) is 9.69 Å². The number of hydrogen-bond donors (Lipinski definition) is 1. The van der Waals surface area contributed by atoms with E-state index < -0.39 is 0 Å². The Morgan fingerprint density at radius 1 is 1.03 bits per heavy atom. The van der Waals surface area contributed by atoms with Crippen molar-refractivity contribution in [3.63, 3.8) is 0 Å². The molecule has 3 aromatic rings. The molecule has 0 spiro atoms. The van der Waals surface area contributed by atoms with Crippen LogP contribution in [0.15, 0.2) is 36.5 Å². The lowest BCUT2D eigenvalue weighted by molar-refractivity contribution is 0.00664. The molecule has 0 bridgehead atoms.